The fourth-order valence-corrected chi connectivity index (χ4v) is 12.1. The molecule has 4 rings (SSSR count). The fourth-order valence-electron chi connectivity index (χ4n) is 10.8. The van der Waals surface area contributed by atoms with Crippen molar-refractivity contribution in [2.24, 2.45) is 29.2 Å². The maximum absolute atomic E-state index is 14.4. The summed E-state index contributed by atoms with van der Waals surface area (Å²) in [7, 11) is -8.95. The molecule has 2 aromatic heterocycles. The molecule has 0 fully saturated rings. The van der Waals surface area contributed by atoms with Gasteiger partial charge in [-0.1, -0.05) is 59.7 Å². The van der Waals surface area contributed by atoms with E-state index < -0.39 is 218 Å². The number of carbonyl (C=O) groups excluding carboxylic acids is 13. The summed E-state index contributed by atoms with van der Waals surface area (Å²) in [6.07, 6.45) is 1.00. The van der Waals surface area contributed by atoms with Gasteiger partial charge in [0.1, 0.15) is 71.7 Å². The molecule has 37 nitrogen and oxygen atoms in total. The molecular formula is C66H94FN17O20S2. The van der Waals surface area contributed by atoms with E-state index in [9.17, 15) is 97.8 Å². The average Bonchev–Trinajstić information content (AvgIpc) is 1.56. The summed E-state index contributed by atoms with van der Waals surface area (Å²) in [5, 5.41) is 45.3. The van der Waals surface area contributed by atoms with Crippen molar-refractivity contribution in [2.45, 2.75) is 173 Å². The summed E-state index contributed by atoms with van der Waals surface area (Å²) in [5.41, 5.74) is 11.4. The molecule has 582 valence electrons. The third-order valence-corrected chi connectivity index (χ3v) is 17.7. The lowest BCUT2D eigenvalue weighted by Crippen LogP contribution is -2.59. The SMILES string of the molecule is CC(C)C[C@H](NC(=O)C[C@H](O)[C@H](CC(C)C)NC(=O)[C@H](Cc1cnc[nH]1)NC(=O)CN(C)C(=O)[C@@H](NC(=O)[C@H](C)NC(=O)[C@H](Cc1c[nH]c2ccccc12)NC(=O)[C@H](CCC(N)=O)NC(=O)CCCCNC(=O)[C@H](CS(=O)(=O)O)NC(=O)[C@H](CS(=O)(=O)O)NC(=O)c1ccc([18F])c(C#N)c1)C(C)C)C(N)=O. The number of primary amides is 2. The average molecular weight is 1530 g/mol. The van der Waals surface area contributed by atoms with E-state index in [1.165, 1.54) is 32.6 Å². The number of aromatic nitrogens is 3. The molecule has 2 heterocycles. The molecule has 10 atom stereocenters. The number of hydrogen-bond donors (Lipinski definition) is 17. The van der Waals surface area contributed by atoms with Crippen molar-refractivity contribution in [1.82, 2.24) is 73.0 Å². The quantitative estimate of drug-likeness (QED) is 0.0157. The number of aliphatic hydroxyl groups is 1. The number of nitrogens with two attached hydrogens (primary N) is 2. The summed E-state index contributed by atoms with van der Waals surface area (Å²) in [5.74, 6) is -17.3. The van der Waals surface area contributed by atoms with Crippen molar-refractivity contribution in [3.8, 4) is 6.07 Å². The highest BCUT2D eigenvalue weighted by Gasteiger charge is 2.37. The van der Waals surface area contributed by atoms with Crippen molar-refractivity contribution < 1.29 is 97.8 Å². The second kappa shape index (κ2) is 41.3. The largest absolute Gasteiger partial charge is 0.390 e. The minimum Gasteiger partial charge on any atom is -0.390 e. The molecule has 0 aliphatic carbocycles. The van der Waals surface area contributed by atoms with Crippen LogP contribution in [0.4, 0.5) is 4.39 Å². The monoisotopic (exact) mass is 1530 g/mol. The Bertz CT molecular complexity index is 4080. The van der Waals surface area contributed by atoms with Crippen LogP contribution < -0.4 is 64.6 Å². The Morgan fingerprint density at radius 1 is 0.642 bits per heavy atom. The molecule has 0 aliphatic heterocycles. The summed E-state index contributed by atoms with van der Waals surface area (Å²) in [4.78, 5) is 186. The van der Waals surface area contributed by atoms with Crippen LogP contribution in [0.3, 0.4) is 0 Å². The van der Waals surface area contributed by atoms with E-state index in [4.69, 9.17) is 16.7 Å². The number of nitriles is 1. The Morgan fingerprint density at radius 2 is 1.23 bits per heavy atom. The number of nitrogens with one attached hydrogen (secondary N) is 12. The zero-order valence-corrected chi connectivity index (χ0v) is 61.3. The minimum absolute atomic E-state index is 0.00362. The van der Waals surface area contributed by atoms with E-state index in [1.54, 1.807) is 44.3 Å². The number of rotatable bonds is 44. The molecule has 0 aliphatic rings. The number of aliphatic hydroxyl groups excluding tert-OH is 1. The van der Waals surface area contributed by atoms with Gasteiger partial charge in [0.15, 0.2) is 0 Å². The Balaban J connectivity index is 1.44. The molecule has 13 amide bonds. The van der Waals surface area contributed by atoms with E-state index in [0.29, 0.717) is 22.2 Å². The lowest BCUT2D eigenvalue weighted by atomic mass is 9.96. The normalized spacial score (nSPS) is 14.4. The lowest BCUT2D eigenvalue weighted by Gasteiger charge is -2.30. The topological polar surface area (TPSA) is 595 Å². The molecule has 0 saturated carbocycles. The number of imidazole rings is 1. The number of aromatic amines is 2. The first-order valence-corrected chi connectivity index (χ1v) is 36.9. The number of halogens is 1. The summed E-state index contributed by atoms with van der Waals surface area (Å²) >= 11 is 0. The van der Waals surface area contributed by atoms with Crippen LogP contribution in [-0.4, -0.2) is 220 Å². The number of para-hydroxylation sites is 1. The van der Waals surface area contributed by atoms with Gasteiger partial charge in [-0.15, -0.1) is 0 Å². The second-order valence-electron chi connectivity index (χ2n) is 26.6. The molecule has 4 aromatic rings. The maximum atomic E-state index is 14.4. The highest BCUT2D eigenvalue weighted by Crippen LogP contribution is 2.21. The predicted molar refractivity (Wildman–Crippen MR) is 377 cm³/mol. The highest BCUT2D eigenvalue weighted by atomic mass is 32.2. The van der Waals surface area contributed by atoms with Crippen LogP contribution >= 0.6 is 0 Å². The van der Waals surface area contributed by atoms with Crippen molar-refractivity contribution in [1.29, 1.82) is 5.26 Å². The van der Waals surface area contributed by atoms with Gasteiger partial charge in [0.25, 0.3) is 26.1 Å². The van der Waals surface area contributed by atoms with Gasteiger partial charge in [0.05, 0.1) is 37.0 Å². The van der Waals surface area contributed by atoms with Crippen LogP contribution in [0.25, 0.3) is 10.9 Å². The number of H-pyrrole nitrogens is 2. The van der Waals surface area contributed by atoms with Gasteiger partial charge in [0, 0.05) is 73.8 Å². The molecular weight excluding hydrogens is 1430 g/mol. The molecule has 0 radical (unpaired) electrons. The molecule has 19 N–H and O–H groups in total. The van der Waals surface area contributed by atoms with Gasteiger partial charge in [-0.05, 0) is 86.6 Å². The highest BCUT2D eigenvalue weighted by molar-refractivity contribution is 7.86. The first-order chi connectivity index (χ1) is 49.5. The van der Waals surface area contributed by atoms with E-state index in [1.807, 2.05) is 38.3 Å². The third kappa shape index (κ3) is 30.3. The Hall–Kier alpha value is -10.5. The number of nitrogens with zero attached hydrogens (tertiary/aromatic N) is 3. The zero-order chi connectivity index (χ0) is 79.5. The van der Waals surface area contributed by atoms with E-state index >= 15 is 0 Å². The summed E-state index contributed by atoms with van der Waals surface area (Å²) in [6.45, 7) is 10.8. The summed E-state index contributed by atoms with van der Waals surface area (Å²) < 4.78 is 80.7. The number of fused-ring (bicyclic) bond motifs is 1. The lowest BCUT2D eigenvalue weighted by molar-refractivity contribution is -0.140. The number of amides is 13. The van der Waals surface area contributed by atoms with Crippen LogP contribution in [0.5, 0.6) is 0 Å². The van der Waals surface area contributed by atoms with E-state index in [-0.39, 0.29) is 63.3 Å². The molecule has 0 bridgehead atoms. The van der Waals surface area contributed by atoms with Crippen molar-refractivity contribution in [2.75, 3.05) is 31.6 Å². The number of carbonyl (C=O) groups is 13. The Labute approximate surface area is 610 Å². The van der Waals surface area contributed by atoms with Crippen LogP contribution in [0.15, 0.2) is 61.2 Å². The first-order valence-electron chi connectivity index (χ1n) is 33.7. The number of unbranched alkanes of at least 4 members (excludes halogenated alkanes) is 1. The van der Waals surface area contributed by atoms with Crippen molar-refractivity contribution >= 4 is 108 Å². The third-order valence-electron chi connectivity index (χ3n) is 16.2. The molecule has 0 unspecified atom stereocenters. The summed E-state index contributed by atoms with van der Waals surface area (Å²) in [6, 6.07) is -2.92. The molecule has 40 heteroatoms. The Morgan fingerprint density at radius 3 is 1.82 bits per heavy atom. The van der Waals surface area contributed by atoms with Gasteiger partial charge in [-0.3, -0.25) is 71.4 Å². The molecule has 106 heavy (non-hydrogen) atoms. The Kier molecular flexibility index (Phi) is 34.2. The van der Waals surface area contributed by atoms with Crippen LogP contribution in [-0.2, 0) is 90.6 Å². The van der Waals surface area contributed by atoms with Crippen molar-refractivity contribution in [3.63, 3.8) is 0 Å². The maximum Gasteiger partial charge on any atom is 0.267 e. The van der Waals surface area contributed by atoms with Gasteiger partial charge < -0.3 is 84.6 Å². The number of hydrogen-bond acceptors (Lipinski definition) is 20. The van der Waals surface area contributed by atoms with Crippen molar-refractivity contribution in [3.05, 3.63) is 89.4 Å². The van der Waals surface area contributed by atoms with Crippen LogP contribution in [0.2, 0.25) is 0 Å². The second-order valence-corrected chi connectivity index (χ2v) is 29.6. The molecule has 0 saturated heterocycles. The molecule has 2 aromatic carbocycles. The first kappa shape index (κ1) is 87.9. The smallest absolute Gasteiger partial charge is 0.267 e. The van der Waals surface area contributed by atoms with E-state index in [2.05, 4.69) is 57.5 Å². The van der Waals surface area contributed by atoms with Crippen LogP contribution in [0, 0.1) is 34.9 Å². The van der Waals surface area contributed by atoms with Gasteiger partial charge in [-0.2, -0.15) is 22.1 Å². The number of likely N-dealkylation sites (N-methyl/N-ethyl adjacent to an activating group) is 1. The molecule has 0 spiro atoms. The predicted octanol–water partition coefficient (Wildman–Crippen LogP) is -2.85. The van der Waals surface area contributed by atoms with Gasteiger partial charge in [-0.25, -0.2) is 9.37 Å². The fraction of sp³-hybridized carbons (Fsp3) is 0.530. The standard InChI is InChI=1S/C66H94FN17O20S2/c1-34(2)21-46(52(85)26-55(88)77-47(58(70)90)22-35(3)4)79-64(96)49(25-41-29-71-33-74-41)78-56(89)30-84(8)66(98)57(36(5)6)83-59(91)37(7)75-63(95)48(24-40-28-73-44-14-10-9-13-42(40)44)80-62(94)45(18-19-53(69)86)76-54(87)15-11-12-20-72-61(93)50(31-105(99,100)101)82-65(97)51(32-106(102,103)104)81-60(92)38-16-17-43(67)39(23-38)27-68/h9-10,13-14,16-17,23,28-29,33-37,45-52,57,73,85H,11-12,15,18-22,24-26,30-32H2,1-8H3,(H2,69,86)(H2,70,90)(H,71,74)(H,72,93)(H,75,95)(H,76,87)(H,77,88)(H,78,89)(H,79,96)(H,80,94)(H,81,92)(H,82,97)(H,83,91)(H,99,100,101)(H,102,103,104)/t37-,45-,46-,47-,48-,49-,50-,51-,52-,57-/m0/s1/i67-1. The van der Waals surface area contributed by atoms with Gasteiger partial charge >= 0.3 is 0 Å². The van der Waals surface area contributed by atoms with Crippen LogP contribution in [0.1, 0.15) is 127 Å². The number of benzene rings is 2. The minimum atomic E-state index is -5.11. The zero-order valence-electron chi connectivity index (χ0n) is 59.7. The van der Waals surface area contributed by atoms with E-state index in [0.717, 1.165) is 23.1 Å². The van der Waals surface area contributed by atoms with Gasteiger partial charge in [0.2, 0.25) is 70.9 Å².